The second kappa shape index (κ2) is 5.76. The molecule has 0 bridgehead atoms. The van der Waals surface area contributed by atoms with Crippen LogP contribution in [0.4, 0.5) is 4.39 Å². The molecule has 0 heterocycles. The van der Waals surface area contributed by atoms with Crippen LogP contribution >= 0.6 is 0 Å². The standard InChI is InChI=1S/C15H17FO/c16-15(13-9-10-14(17)11-13)8-4-7-12-5-2-1-3-6-12/h1-3,5-6,11,15H,4,7-10H2. The van der Waals surface area contributed by atoms with E-state index in [0.717, 1.165) is 12.8 Å². The van der Waals surface area contributed by atoms with Crippen molar-refractivity contribution in [2.45, 2.75) is 38.3 Å². The lowest BCUT2D eigenvalue weighted by Crippen LogP contribution is -2.03. The lowest BCUT2D eigenvalue weighted by atomic mass is 10.0. The number of halogens is 1. The number of carbonyl (C=O) groups excluding carboxylic acids is 1. The molecule has 17 heavy (non-hydrogen) atoms. The molecule has 0 aliphatic heterocycles. The van der Waals surface area contributed by atoms with E-state index in [4.69, 9.17) is 0 Å². The Hall–Kier alpha value is -1.44. The molecular weight excluding hydrogens is 215 g/mol. The van der Waals surface area contributed by atoms with E-state index in [-0.39, 0.29) is 5.78 Å². The van der Waals surface area contributed by atoms with Gasteiger partial charge in [0.05, 0.1) is 0 Å². The molecule has 0 aromatic heterocycles. The molecule has 1 nitrogen and oxygen atoms in total. The van der Waals surface area contributed by atoms with E-state index in [1.807, 2.05) is 18.2 Å². The maximum atomic E-state index is 13.8. The second-order valence-electron chi connectivity index (χ2n) is 4.53. The van der Waals surface area contributed by atoms with Crippen molar-refractivity contribution >= 4 is 5.78 Å². The first kappa shape index (κ1) is 12.0. The van der Waals surface area contributed by atoms with E-state index in [2.05, 4.69) is 12.1 Å². The summed E-state index contributed by atoms with van der Waals surface area (Å²) in [4.78, 5) is 11.0. The van der Waals surface area contributed by atoms with Crippen molar-refractivity contribution in [1.29, 1.82) is 0 Å². The number of ketones is 1. The second-order valence-corrected chi connectivity index (χ2v) is 4.53. The summed E-state index contributed by atoms with van der Waals surface area (Å²) in [5.74, 6) is 0.0747. The van der Waals surface area contributed by atoms with Crippen molar-refractivity contribution in [2.24, 2.45) is 0 Å². The smallest absolute Gasteiger partial charge is 0.156 e. The summed E-state index contributed by atoms with van der Waals surface area (Å²) in [6.07, 6.45) is 3.94. The van der Waals surface area contributed by atoms with Gasteiger partial charge in [-0.05, 0) is 42.9 Å². The van der Waals surface area contributed by atoms with Crippen LogP contribution in [0.15, 0.2) is 42.0 Å². The molecule has 0 spiro atoms. The molecule has 0 amide bonds. The van der Waals surface area contributed by atoms with Gasteiger partial charge in [0.2, 0.25) is 0 Å². The monoisotopic (exact) mass is 232 g/mol. The maximum Gasteiger partial charge on any atom is 0.156 e. The average molecular weight is 232 g/mol. The van der Waals surface area contributed by atoms with E-state index >= 15 is 0 Å². The third-order valence-electron chi connectivity index (χ3n) is 3.17. The molecular formula is C15H17FO. The summed E-state index contributed by atoms with van der Waals surface area (Å²) in [5.41, 5.74) is 1.94. The van der Waals surface area contributed by atoms with Gasteiger partial charge in [-0.15, -0.1) is 0 Å². The van der Waals surface area contributed by atoms with Crippen molar-refractivity contribution < 1.29 is 9.18 Å². The van der Waals surface area contributed by atoms with Gasteiger partial charge in [-0.3, -0.25) is 4.79 Å². The van der Waals surface area contributed by atoms with Crippen LogP contribution in [0, 0.1) is 0 Å². The van der Waals surface area contributed by atoms with Crippen molar-refractivity contribution in [3.8, 4) is 0 Å². The zero-order valence-electron chi connectivity index (χ0n) is 9.86. The summed E-state index contributed by atoms with van der Waals surface area (Å²) in [7, 11) is 0. The van der Waals surface area contributed by atoms with Gasteiger partial charge in [-0.25, -0.2) is 4.39 Å². The van der Waals surface area contributed by atoms with Crippen LogP contribution in [0.25, 0.3) is 0 Å². The van der Waals surface area contributed by atoms with Gasteiger partial charge in [0.25, 0.3) is 0 Å². The number of rotatable bonds is 5. The SMILES string of the molecule is O=C1C=C(C(F)CCCc2ccccc2)CC1. The Balaban J connectivity index is 1.75. The molecule has 0 N–H and O–H groups in total. The van der Waals surface area contributed by atoms with Gasteiger partial charge in [0, 0.05) is 6.42 Å². The van der Waals surface area contributed by atoms with E-state index in [1.54, 1.807) is 0 Å². The Morgan fingerprint density at radius 2 is 1.94 bits per heavy atom. The zero-order chi connectivity index (χ0) is 12.1. The van der Waals surface area contributed by atoms with E-state index in [9.17, 15) is 9.18 Å². The fourth-order valence-electron chi connectivity index (χ4n) is 2.18. The first-order valence-electron chi connectivity index (χ1n) is 6.17. The number of benzene rings is 1. The van der Waals surface area contributed by atoms with Crippen LogP contribution in [0.2, 0.25) is 0 Å². The predicted octanol–water partition coefficient (Wildman–Crippen LogP) is 3.64. The van der Waals surface area contributed by atoms with E-state index < -0.39 is 6.17 Å². The van der Waals surface area contributed by atoms with Gasteiger partial charge in [0.1, 0.15) is 6.17 Å². The maximum absolute atomic E-state index is 13.8. The Morgan fingerprint density at radius 3 is 2.59 bits per heavy atom. The largest absolute Gasteiger partial charge is 0.295 e. The Kier molecular flexibility index (Phi) is 4.08. The fraction of sp³-hybridized carbons (Fsp3) is 0.400. The van der Waals surface area contributed by atoms with Gasteiger partial charge < -0.3 is 0 Å². The summed E-state index contributed by atoms with van der Waals surface area (Å²) in [6.45, 7) is 0. The molecule has 2 rings (SSSR count). The molecule has 90 valence electrons. The Bertz CT molecular complexity index is 408. The topological polar surface area (TPSA) is 17.1 Å². The van der Waals surface area contributed by atoms with Gasteiger partial charge >= 0.3 is 0 Å². The minimum atomic E-state index is -0.926. The third-order valence-corrected chi connectivity index (χ3v) is 3.17. The number of alkyl halides is 1. The molecule has 1 aromatic carbocycles. The fourth-order valence-corrected chi connectivity index (χ4v) is 2.18. The highest BCUT2D eigenvalue weighted by Gasteiger charge is 2.19. The zero-order valence-corrected chi connectivity index (χ0v) is 9.86. The number of hydrogen-bond acceptors (Lipinski definition) is 1. The van der Waals surface area contributed by atoms with Crippen LogP contribution in [0.1, 0.15) is 31.2 Å². The molecule has 1 unspecified atom stereocenters. The average Bonchev–Trinajstić information content (AvgIpc) is 2.77. The van der Waals surface area contributed by atoms with Crippen LogP contribution in [-0.2, 0) is 11.2 Å². The molecule has 1 aromatic rings. The molecule has 1 aliphatic rings. The first-order chi connectivity index (χ1) is 8.25. The summed E-state index contributed by atoms with van der Waals surface area (Å²) >= 11 is 0. The summed E-state index contributed by atoms with van der Waals surface area (Å²) in [6, 6.07) is 10.1. The Morgan fingerprint density at radius 1 is 1.18 bits per heavy atom. The third kappa shape index (κ3) is 3.52. The van der Waals surface area contributed by atoms with Crippen molar-refractivity contribution in [1.82, 2.24) is 0 Å². The van der Waals surface area contributed by atoms with Crippen LogP contribution in [-0.4, -0.2) is 12.0 Å². The van der Waals surface area contributed by atoms with Crippen LogP contribution in [0.5, 0.6) is 0 Å². The van der Waals surface area contributed by atoms with Crippen molar-refractivity contribution in [2.75, 3.05) is 0 Å². The number of carbonyl (C=O) groups is 1. The minimum Gasteiger partial charge on any atom is -0.295 e. The summed E-state index contributed by atoms with van der Waals surface area (Å²) < 4.78 is 13.8. The molecule has 0 saturated heterocycles. The summed E-state index contributed by atoms with van der Waals surface area (Å²) in [5, 5.41) is 0. The number of allylic oxidation sites excluding steroid dienone is 2. The lowest BCUT2D eigenvalue weighted by Gasteiger charge is -2.08. The first-order valence-corrected chi connectivity index (χ1v) is 6.17. The van der Waals surface area contributed by atoms with E-state index in [1.165, 1.54) is 11.6 Å². The molecule has 0 radical (unpaired) electrons. The molecule has 1 atom stereocenters. The van der Waals surface area contributed by atoms with E-state index in [0.29, 0.717) is 24.8 Å². The number of hydrogen-bond donors (Lipinski definition) is 0. The molecule has 1 aliphatic carbocycles. The predicted molar refractivity (Wildman–Crippen MR) is 66.6 cm³/mol. The minimum absolute atomic E-state index is 0.0747. The molecule has 2 heteroatoms. The van der Waals surface area contributed by atoms with Crippen LogP contribution in [0.3, 0.4) is 0 Å². The highest BCUT2D eigenvalue weighted by molar-refractivity contribution is 5.93. The van der Waals surface area contributed by atoms with Gasteiger partial charge in [-0.1, -0.05) is 30.3 Å². The highest BCUT2D eigenvalue weighted by Crippen LogP contribution is 2.24. The Labute approximate surface area is 101 Å². The van der Waals surface area contributed by atoms with Gasteiger partial charge in [-0.2, -0.15) is 0 Å². The highest BCUT2D eigenvalue weighted by atomic mass is 19.1. The molecule has 0 fully saturated rings. The molecule has 0 saturated carbocycles. The van der Waals surface area contributed by atoms with Crippen LogP contribution < -0.4 is 0 Å². The van der Waals surface area contributed by atoms with Crippen molar-refractivity contribution in [3.63, 3.8) is 0 Å². The number of aryl methyl sites for hydroxylation is 1. The van der Waals surface area contributed by atoms with Crippen molar-refractivity contribution in [3.05, 3.63) is 47.5 Å². The van der Waals surface area contributed by atoms with Gasteiger partial charge in [0.15, 0.2) is 5.78 Å². The lowest BCUT2D eigenvalue weighted by molar-refractivity contribution is -0.114. The normalized spacial score (nSPS) is 17.0. The quantitative estimate of drug-likeness (QED) is 0.757.